The minimum Gasteiger partial charge on any atom is -0.356 e. The van der Waals surface area contributed by atoms with Crippen molar-refractivity contribution in [2.75, 3.05) is 12.3 Å². The van der Waals surface area contributed by atoms with E-state index < -0.39 is 10.1 Å². The Morgan fingerprint density at radius 3 is 2.38 bits per heavy atom. The maximum absolute atomic E-state index is 10.9. The zero-order valence-corrected chi connectivity index (χ0v) is 8.60. The second-order valence-electron chi connectivity index (χ2n) is 3.09. The van der Waals surface area contributed by atoms with Gasteiger partial charge < -0.3 is 5.32 Å². The van der Waals surface area contributed by atoms with E-state index in [-0.39, 0.29) is 30.5 Å². The molecule has 0 saturated carbocycles. The third kappa shape index (κ3) is 7.73. The highest BCUT2D eigenvalue weighted by Gasteiger charge is 2.07. The molecule has 0 aliphatic heterocycles. The van der Waals surface area contributed by atoms with Crippen LogP contribution in [0.25, 0.3) is 0 Å². The number of carbonyl (C=O) groups is 1. The number of nitrogens with one attached hydrogen (secondary N) is 1. The molecule has 78 valence electrons. The van der Waals surface area contributed by atoms with Crippen LogP contribution >= 0.6 is 0 Å². The van der Waals surface area contributed by atoms with Crippen LogP contribution in [0, 0.1) is 5.92 Å². The van der Waals surface area contributed by atoms with Gasteiger partial charge in [-0.25, -0.2) is 0 Å². The number of hydrogen-bond donors (Lipinski definition) is 2. The second-order valence-corrected chi connectivity index (χ2v) is 4.66. The molecule has 5 nitrogen and oxygen atoms in total. The minimum absolute atomic E-state index is 0.106. The van der Waals surface area contributed by atoms with E-state index >= 15 is 0 Å². The molecule has 0 aliphatic carbocycles. The van der Waals surface area contributed by atoms with Crippen molar-refractivity contribution in [1.82, 2.24) is 5.32 Å². The predicted molar refractivity (Wildman–Crippen MR) is 48.9 cm³/mol. The minimum atomic E-state index is -3.89. The van der Waals surface area contributed by atoms with Crippen molar-refractivity contribution in [3.05, 3.63) is 0 Å². The van der Waals surface area contributed by atoms with Crippen LogP contribution in [0.2, 0.25) is 0 Å². The largest absolute Gasteiger partial charge is 0.356 e. The van der Waals surface area contributed by atoms with Gasteiger partial charge in [-0.15, -0.1) is 0 Å². The van der Waals surface area contributed by atoms with E-state index in [4.69, 9.17) is 4.55 Å². The summed E-state index contributed by atoms with van der Waals surface area (Å²) in [6.07, 6.45) is 0.233. The first-order valence-electron chi connectivity index (χ1n) is 4.06. The lowest BCUT2D eigenvalue weighted by molar-refractivity contribution is -0.123. The van der Waals surface area contributed by atoms with Gasteiger partial charge in [0.15, 0.2) is 0 Å². The fraction of sp³-hybridized carbons (Fsp3) is 0.857. The average molecular weight is 209 g/mol. The Bertz CT molecular complexity index is 258. The molecular weight excluding hydrogens is 194 g/mol. The zero-order valence-electron chi connectivity index (χ0n) is 7.78. The topological polar surface area (TPSA) is 83.5 Å². The van der Waals surface area contributed by atoms with E-state index in [2.05, 4.69) is 5.32 Å². The van der Waals surface area contributed by atoms with E-state index in [1.54, 1.807) is 13.8 Å². The summed E-state index contributed by atoms with van der Waals surface area (Å²) in [5.41, 5.74) is 0. The average Bonchev–Trinajstić information content (AvgIpc) is 1.95. The first-order chi connectivity index (χ1) is 5.83. The maximum Gasteiger partial charge on any atom is 0.264 e. The molecule has 0 saturated heterocycles. The first-order valence-corrected chi connectivity index (χ1v) is 5.66. The zero-order chi connectivity index (χ0) is 10.5. The predicted octanol–water partition coefficient (Wildman–Crippen LogP) is 0.0365. The summed E-state index contributed by atoms with van der Waals surface area (Å²) in [5.74, 6) is -0.535. The Morgan fingerprint density at radius 2 is 2.00 bits per heavy atom. The summed E-state index contributed by atoms with van der Waals surface area (Å²) in [5, 5.41) is 2.54. The van der Waals surface area contributed by atoms with E-state index in [0.717, 1.165) is 0 Å². The molecule has 0 heterocycles. The molecule has 6 heteroatoms. The van der Waals surface area contributed by atoms with Crippen molar-refractivity contribution in [3.8, 4) is 0 Å². The molecule has 0 atom stereocenters. The molecule has 0 fully saturated rings. The molecule has 0 aliphatic rings. The van der Waals surface area contributed by atoms with Gasteiger partial charge in [0.25, 0.3) is 10.1 Å². The molecule has 0 bridgehead atoms. The van der Waals surface area contributed by atoms with Crippen molar-refractivity contribution >= 4 is 16.0 Å². The summed E-state index contributed by atoms with van der Waals surface area (Å²) in [4.78, 5) is 10.9. The van der Waals surface area contributed by atoms with E-state index in [9.17, 15) is 13.2 Å². The Labute approximate surface area is 78.3 Å². The van der Waals surface area contributed by atoms with Gasteiger partial charge in [-0.3, -0.25) is 9.35 Å². The molecule has 0 rings (SSSR count). The van der Waals surface area contributed by atoms with Crippen LogP contribution in [-0.2, 0) is 14.9 Å². The lowest BCUT2D eigenvalue weighted by Gasteiger charge is -2.06. The van der Waals surface area contributed by atoms with E-state index in [0.29, 0.717) is 0 Å². The Hall–Kier alpha value is -0.620. The molecule has 0 unspecified atom stereocenters. The van der Waals surface area contributed by atoms with Crippen LogP contribution in [0.4, 0.5) is 0 Å². The summed E-state index contributed by atoms with van der Waals surface area (Å²) in [7, 11) is -3.89. The summed E-state index contributed by atoms with van der Waals surface area (Å²) >= 11 is 0. The Balaban J connectivity index is 3.53. The standard InChI is InChI=1S/C7H15NO4S/c1-6(2)7(9)8-4-3-5-13(10,11)12/h6H,3-5H2,1-2H3,(H,8,9)(H,10,11,12). The lowest BCUT2D eigenvalue weighted by Crippen LogP contribution is -2.29. The van der Waals surface area contributed by atoms with Gasteiger partial charge in [-0.2, -0.15) is 8.42 Å². The molecule has 0 spiro atoms. The fourth-order valence-electron chi connectivity index (χ4n) is 0.670. The Kier molecular flexibility index (Phi) is 4.94. The van der Waals surface area contributed by atoms with Crippen LogP contribution in [-0.4, -0.2) is 31.2 Å². The molecule has 2 N–H and O–H groups in total. The van der Waals surface area contributed by atoms with Crippen molar-refractivity contribution < 1.29 is 17.8 Å². The quantitative estimate of drug-likeness (QED) is 0.494. The number of hydrogen-bond acceptors (Lipinski definition) is 3. The second kappa shape index (κ2) is 5.18. The van der Waals surface area contributed by atoms with Crippen LogP contribution in [0.5, 0.6) is 0 Å². The first kappa shape index (κ1) is 12.4. The van der Waals surface area contributed by atoms with Crippen LogP contribution in [0.3, 0.4) is 0 Å². The molecular formula is C7H15NO4S. The molecule has 13 heavy (non-hydrogen) atoms. The highest BCUT2D eigenvalue weighted by atomic mass is 32.2. The van der Waals surface area contributed by atoms with Crippen molar-refractivity contribution in [3.63, 3.8) is 0 Å². The van der Waals surface area contributed by atoms with Crippen molar-refractivity contribution in [2.45, 2.75) is 20.3 Å². The van der Waals surface area contributed by atoms with Gasteiger partial charge in [0.1, 0.15) is 0 Å². The summed E-state index contributed by atoms with van der Waals surface area (Å²) in [6.45, 7) is 3.77. The van der Waals surface area contributed by atoms with Gasteiger partial charge >= 0.3 is 0 Å². The number of carbonyl (C=O) groups excluding carboxylic acids is 1. The maximum atomic E-state index is 10.9. The third-order valence-electron chi connectivity index (χ3n) is 1.40. The van der Waals surface area contributed by atoms with Crippen molar-refractivity contribution in [1.29, 1.82) is 0 Å². The molecule has 0 radical (unpaired) electrons. The van der Waals surface area contributed by atoms with E-state index in [1.807, 2.05) is 0 Å². The van der Waals surface area contributed by atoms with Gasteiger partial charge in [0, 0.05) is 12.5 Å². The fourth-order valence-corrected chi connectivity index (χ4v) is 1.18. The molecule has 0 aromatic carbocycles. The monoisotopic (exact) mass is 209 g/mol. The summed E-state index contributed by atoms with van der Waals surface area (Å²) < 4.78 is 28.9. The van der Waals surface area contributed by atoms with E-state index in [1.165, 1.54) is 0 Å². The highest BCUT2D eigenvalue weighted by molar-refractivity contribution is 7.85. The third-order valence-corrected chi connectivity index (χ3v) is 2.21. The van der Waals surface area contributed by atoms with Gasteiger partial charge in [-0.1, -0.05) is 13.8 Å². The number of amides is 1. The molecule has 0 aromatic heterocycles. The number of rotatable bonds is 5. The lowest BCUT2D eigenvalue weighted by atomic mass is 10.2. The molecule has 0 aromatic rings. The Morgan fingerprint density at radius 1 is 1.46 bits per heavy atom. The molecule has 1 amide bonds. The van der Waals surface area contributed by atoms with Crippen LogP contribution < -0.4 is 5.32 Å². The SMILES string of the molecule is CC(C)C(=O)NCCCS(=O)(=O)O. The van der Waals surface area contributed by atoms with Gasteiger partial charge in [0.2, 0.25) is 5.91 Å². The highest BCUT2D eigenvalue weighted by Crippen LogP contribution is 1.91. The normalized spacial score (nSPS) is 11.7. The van der Waals surface area contributed by atoms with Gasteiger partial charge in [0.05, 0.1) is 5.75 Å². The van der Waals surface area contributed by atoms with Crippen LogP contribution in [0.15, 0.2) is 0 Å². The summed E-state index contributed by atoms with van der Waals surface area (Å²) in [6, 6.07) is 0. The van der Waals surface area contributed by atoms with Crippen LogP contribution in [0.1, 0.15) is 20.3 Å². The smallest absolute Gasteiger partial charge is 0.264 e. The van der Waals surface area contributed by atoms with Gasteiger partial charge in [-0.05, 0) is 6.42 Å². The van der Waals surface area contributed by atoms with Crippen molar-refractivity contribution in [2.24, 2.45) is 5.92 Å².